The van der Waals surface area contributed by atoms with Crippen LogP contribution in [0.4, 0.5) is 5.69 Å². The minimum atomic E-state index is 0.0448. The molecule has 1 amide bonds. The van der Waals surface area contributed by atoms with Gasteiger partial charge in [0.25, 0.3) is 0 Å². The molecule has 4 nitrogen and oxygen atoms in total. The molecule has 0 unspecified atom stereocenters. The number of aryl methyl sites for hydroxylation is 4. The summed E-state index contributed by atoms with van der Waals surface area (Å²) in [5.41, 5.74) is 6.38. The largest absolute Gasteiger partial charge is 0.342 e. The van der Waals surface area contributed by atoms with Gasteiger partial charge in [-0.25, -0.2) is 4.98 Å². The number of rotatable bonds is 6. The molecule has 0 aliphatic heterocycles. The fourth-order valence-corrected chi connectivity index (χ4v) is 3.04. The molecule has 25 heavy (non-hydrogen) atoms. The number of hydrogen-bond acceptors (Lipinski definition) is 2. The third-order valence-corrected chi connectivity index (χ3v) is 4.38. The lowest BCUT2D eigenvalue weighted by atomic mass is 10.1. The molecule has 4 heteroatoms. The van der Waals surface area contributed by atoms with Crippen LogP contribution in [0.5, 0.6) is 0 Å². The smallest absolute Gasteiger partial charge is 0.224 e. The molecule has 2 N–H and O–H groups in total. The highest BCUT2D eigenvalue weighted by Crippen LogP contribution is 2.18. The van der Waals surface area contributed by atoms with E-state index in [1.165, 1.54) is 5.56 Å². The van der Waals surface area contributed by atoms with Crippen LogP contribution >= 0.6 is 0 Å². The molecule has 0 fully saturated rings. The maximum absolute atomic E-state index is 12.2. The zero-order valence-electron chi connectivity index (χ0n) is 15.1. The summed E-state index contributed by atoms with van der Waals surface area (Å²) >= 11 is 0. The molecule has 0 aliphatic rings. The molecule has 0 radical (unpaired) electrons. The Morgan fingerprint density at radius 1 is 1.12 bits per heavy atom. The van der Waals surface area contributed by atoms with Crippen LogP contribution in [-0.2, 0) is 17.6 Å². The van der Waals surface area contributed by atoms with Crippen molar-refractivity contribution in [2.45, 2.75) is 46.5 Å². The SMILES string of the molecule is CCCc1nc2ccc(CCC(=O)Nc3ccc(C)cc3C)cc2[nH]1. The van der Waals surface area contributed by atoms with Crippen molar-refractivity contribution in [2.75, 3.05) is 5.32 Å². The third kappa shape index (κ3) is 4.27. The van der Waals surface area contributed by atoms with Crippen molar-refractivity contribution >= 4 is 22.6 Å². The molecule has 0 saturated carbocycles. The quantitative estimate of drug-likeness (QED) is 0.686. The Balaban J connectivity index is 1.62. The van der Waals surface area contributed by atoms with Crippen LogP contribution in [0.3, 0.4) is 0 Å². The average molecular weight is 335 g/mol. The van der Waals surface area contributed by atoms with Gasteiger partial charge in [-0.15, -0.1) is 0 Å². The maximum atomic E-state index is 12.2. The van der Waals surface area contributed by atoms with E-state index in [2.05, 4.69) is 47.3 Å². The highest BCUT2D eigenvalue weighted by molar-refractivity contribution is 5.91. The Morgan fingerprint density at radius 2 is 1.96 bits per heavy atom. The second-order valence-electron chi connectivity index (χ2n) is 6.65. The third-order valence-electron chi connectivity index (χ3n) is 4.38. The van der Waals surface area contributed by atoms with Crippen molar-refractivity contribution < 1.29 is 4.79 Å². The average Bonchev–Trinajstić information content (AvgIpc) is 2.97. The van der Waals surface area contributed by atoms with Crippen molar-refractivity contribution in [1.29, 1.82) is 0 Å². The van der Waals surface area contributed by atoms with Gasteiger partial charge in [0.15, 0.2) is 0 Å². The van der Waals surface area contributed by atoms with Crippen molar-refractivity contribution in [2.24, 2.45) is 0 Å². The van der Waals surface area contributed by atoms with Crippen LogP contribution in [-0.4, -0.2) is 15.9 Å². The monoisotopic (exact) mass is 335 g/mol. The van der Waals surface area contributed by atoms with E-state index < -0.39 is 0 Å². The lowest BCUT2D eigenvalue weighted by molar-refractivity contribution is -0.116. The predicted octanol–water partition coefficient (Wildman–Crippen LogP) is 4.70. The summed E-state index contributed by atoms with van der Waals surface area (Å²) in [6, 6.07) is 12.3. The van der Waals surface area contributed by atoms with Crippen molar-refractivity contribution in [3.63, 3.8) is 0 Å². The first-order valence-corrected chi connectivity index (χ1v) is 8.90. The molecular weight excluding hydrogens is 310 g/mol. The minimum Gasteiger partial charge on any atom is -0.342 e. The van der Waals surface area contributed by atoms with Gasteiger partial charge < -0.3 is 10.3 Å². The number of anilines is 1. The number of nitrogens with one attached hydrogen (secondary N) is 2. The van der Waals surface area contributed by atoms with Crippen LogP contribution < -0.4 is 5.32 Å². The van der Waals surface area contributed by atoms with Gasteiger partial charge >= 0.3 is 0 Å². The Labute approximate surface area is 148 Å². The Morgan fingerprint density at radius 3 is 2.72 bits per heavy atom. The number of nitrogens with zero attached hydrogens (tertiary/aromatic N) is 1. The van der Waals surface area contributed by atoms with Crippen molar-refractivity contribution in [1.82, 2.24) is 9.97 Å². The Hall–Kier alpha value is -2.62. The van der Waals surface area contributed by atoms with E-state index in [-0.39, 0.29) is 5.91 Å². The summed E-state index contributed by atoms with van der Waals surface area (Å²) in [6.07, 6.45) is 3.22. The van der Waals surface area contributed by atoms with E-state index in [4.69, 9.17) is 0 Å². The van der Waals surface area contributed by atoms with Crippen LogP contribution in [0.1, 0.15) is 42.3 Å². The second kappa shape index (κ2) is 7.51. The Kier molecular flexibility index (Phi) is 5.17. The highest BCUT2D eigenvalue weighted by atomic mass is 16.1. The molecule has 1 heterocycles. The number of aromatic amines is 1. The number of amides is 1. The fraction of sp³-hybridized carbons (Fsp3) is 0.333. The Bertz CT molecular complexity index is 895. The summed E-state index contributed by atoms with van der Waals surface area (Å²) in [7, 11) is 0. The first-order valence-electron chi connectivity index (χ1n) is 8.90. The number of benzene rings is 2. The maximum Gasteiger partial charge on any atom is 0.224 e. The molecule has 2 aromatic carbocycles. The first-order chi connectivity index (χ1) is 12.0. The summed E-state index contributed by atoms with van der Waals surface area (Å²) in [5.74, 6) is 1.07. The summed E-state index contributed by atoms with van der Waals surface area (Å²) < 4.78 is 0. The zero-order valence-corrected chi connectivity index (χ0v) is 15.1. The predicted molar refractivity (Wildman–Crippen MR) is 103 cm³/mol. The molecule has 0 aliphatic carbocycles. The molecule has 0 bridgehead atoms. The van der Waals surface area contributed by atoms with Crippen LogP contribution in [0.25, 0.3) is 11.0 Å². The number of imidazole rings is 1. The van der Waals surface area contributed by atoms with Gasteiger partial charge in [0.1, 0.15) is 5.82 Å². The van der Waals surface area contributed by atoms with Crippen molar-refractivity contribution in [3.05, 3.63) is 58.9 Å². The number of aromatic nitrogens is 2. The number of hydrogen-bond donors (Lipinski definition) is 2. The van der Waals surface area contributed by atoms with E-state index in [0.717, 1.165) is 52.9 Å². The second-order valence-corrected chi connectivity index (χ2v) is 6.65. The normalized spacial score (nSPS) is 11.0. The number of fused-ring (bicyclic) bond motifs is 1. The van der Waals surface area contributed by atoms with Gasteiger partial charge in [-0.05, 0) is 56.0 Å². The number of H-pyrrole nitrogens is 1. The van der Waals surface area contributed by atoms with E-state index >= 15 is 0 Å². The summed E-state index contributed by atoms with van der Waals surface area (Å²) in [6.45, 7) is 6.21. The molecule has 0 spiro atoms. The fourth-order valence-electron chi connectivity index (χ4n) is 3.04. The van der Waals surface area contributed by atoms with Gasteiger partial charge in [-0.2, -0.15) is 0 Å². The molecule has 1 aromatic heterocycles. The number of carbonyl (C=O) groups excluding carboxylic acids is 1. The molecule has 3 rings (SSSR count). The van der Waals surface area contributed by atoms with Crippen molar-refractivity contribution in [3.8, 4) is 0 Å². The van der Waals surface area contributed by atoms with Gasteiger partial charge in [0, 0.05) is 18.5 Å². The van der Waals surface area contributed by atoms with Gasteiger partial charge in [0.2, 0.25) is 5.91 Å². The lowest BCUT2D eigenvalue weighted by Gasteiger charge is -2.09. The van der Waals surface area contributed by atoms with E-state index in [0.29, 0.717) is 6.42 Å². The van der Waals surface area contributed by atoms with Gasteiger partial charge in [-0.3, -0.25) is 4.79 Å². The summed E-state index contributed by atoms with van der Waals surface area (Å²) in [4.78, 5) is 20.2. The molecule has 3 aromatic rings. The van der Waals surface area contributed by atoms with Crippen LogP contribution in [0.2, 0.25) is 0 Å². The standard InChI is InChI=1S/C21H25N3O/c1-4-5-20-22-18-10-7-16(13-19(18)23-20)8-11-21(25)24-17-9-6-14(2)12-15(17)3/h6-7,9-10,12-13H,4-5,8,11H2,1-3H3,(H,22,23)(H,24,25). The molecule has 0 atom stereocenters. The van der Waals surface area contributed by atoms with Gasteiger partial charge in [-0.1, -0.05) is 30.7 Å². The molecular formula is C21H25N3O. The van der Waals surface area contributed by atoms with E-state index in [9.17, 15) is 4.79 Å². The van der Waals surface area contributed by atoms with Crippen LogP contribution in [0, 0.1) is 13.8 Å². The first kappa shape index (κ1) is 17.2. The lowest BCUT2D eigenvalue weighted by Crippen LogP contribution is -2.13. The summed E-state index contributed by atoms with van der Waals surface area (Å²) in [5, 5.41) is 3.01. The van der Waals surface area contributed by atoms with Gasteiger partial charge in [0.05, 0.1) is 11.0 Å². The van der Waals surface area contributed by atoms with E-state index in [1.54, 1.807) is 0 Å². The zero-order chi connectivity index (χ0) is 17.8. The topological polar surface area (TPSA) is 57.8 Å². The molecule has 0 saturated heterocycles. The van der Waals surface area contributed by atoms with Crippen LogP contribution in [0.15, 0.2) is 36.4 Å². The van der Waals surface area contributed by atoms with E-state index in [1.807, 2.05) is 25.1 Å². The molecule has 130 valence electrons. The highest BCUT2D eigenvalue weighted by Gasteiger charge is 2.07. The number of carbonyl (C=O) groups is 1. The minimum absolute atomic E-state index is 0.0448.